The second kappa shape index (κ2) is 5.73. The molecule has 6 heteroatoms. The summed E-state index contributed by atoms with van der Waals surface area (Å²) in [4.78, 5) is 0. The molecule has 3 rings (SSSR count). The molecule has 1 aliphatic heterocycles. The van der Waals surface area contributed by atoms with E-state index in [9.17, 15) is 0 Å². The van der Waals surface area contributed by atoms with Crippen LogP contribution in [-0.2, 0) is 13.1 Å². The molecular formula is C15H20N4O2. The van der Waals surface area contributed by atoms with Gasteiger partial charge in [-0.3, -0.25) is 0 Å². The van der Waals surface area contributed by atoms with Crippen molar-refractivity contribution >= 4 is 0 Å². The molecule has 0 unspecified atom stereocenters. The monoisotopic (exact) mass is 288 g/mol. The van der Waals surface area contributed by atoms with E-state index < -0.39 is 0 Å². The lowest BCUT2D eigenvalue weighted by Gasteiger charge is -2.10. The van der Waals surface area contributed by atoms with Gasteiger partial charge >= 0.3 is 0 Å². The predicted molar refractivity (Wildman–Crippen MR) is 78.9 cm³/mol. The molecule has 2 heterocycles. The fourth-order valence-electron chi connectivity index (χ4n) is 2.38. The van der Waals surface area contributed by atoms with E-state index >= 15 is 0 Å². The number of aromatic nitrogens is 3. The molecule has 1 aromatic carbocycles. The molecule has 0 amide bonds. The van der Waals surface area contributed by atoms with Gasteiger partial charge in [-0.1, -0.05) is 19.1 Å². The minimum Gasteiger partial charge on any atom is -0.454 e. The van der Waals surface area contributed by atoms with Gasteiger partial charge in [0.05, 0.1) is 5.69 Å². The van der Waals surface area contributed by atoms with Crippen LogP contribution < -0.4 is 15.2 Å². The van der Waals surface area contributed by atoms with Crippen LogP contribution in [-0.4, -0.2) is 21.8 Å². The summed E-state index contributed by atoms with van der Waals surface area (Å²) in [5.41, 5.74) is 8.58. The summed E-state index contributed by atoms with van der Waals surface area (Å²) < 4.78 is 12.7. The number of ether oxygens (including phenoxy) is 2. The normalized spacial score (nSPS) is 13.1. The summed E-state index contributed by atoms with van der Waals surface area (Å²) in [7, 11) is 0. The van der Waals surface area contributed by atoms with Gasteiger partial charge in [-0.25, -0.2) is 4.68 Å². The van der Waals surface area contributed by atoms with E-state index in [1.807, 2.05) is 22.9 Å². The van der Waals surface area contributed by atoms with Crippen molar-refractivity contribution in [1.82, 2.24) is 15.0 Å². The Kier molecular flexibility index (Phi) is 3.79. The molecule has 1 aromatic heterocycles. The summed E-state index contributed by atoms with van der Waals surface area (Å²) in [6.45, 7) is 5.86. The van der Waals surface area contributed by atoms with Gasteiger partial charge < -0.3 is 15.2 Å². The molecule has 21 heavy (non-hydrogen) atoms. The SMILES string of the molecule is CC(C)CCn1nnc(CN)c1-c1ccc2c(c1)OCO2. The van der Waals surface area contributed by atoms with E-state index in [-0.39, 0.29) is 6.79 Å². The highest BCUT2D eigenvalue weighted by molar-refractivity contribution is 5.66. The van der Waals surface area contributed by atoms with Crippen LogP contribution in [0.1, 0.15) is 26.0 Å². The molecule has 0 bridgehead atoms. The highest BCUT2D eigenvalue weighted by Gasteiger charge is 2.19. The standard InChI is InChI=1S/C15H20N4O2/c1-10(2)5-6-19-15(12(8-16)17-18-19)11-3-4-13-14(7-11)21-9-20-13/h3-4,7,10H,5-6,8-9,16H2,1-2H3. The lowest BCUT2D eigenvalue weighted by atomic mass is 10.1. The first-order chi connectivity index (χ1) is 10.2. The second-order valence-electron chi connectivity index (χ2n) is 5.56. The Labute approximate surface area is 123 Å². The number of benzene rings is 1. The molecule has 2 aromatic rings. The molecule has 0 radical (unpaired) electrons. The number of rotatable bonds is 5. The zero-order valence-corrected chi connectivity index (χ0v) is 12.4. The molecule has 6 nitrogen and oxygen atoms in total. The lowest BCUT2D eigenvalue weighted by molar-refractivity contribution is 0.174. The third kappa shape index (κ3) is 2.71. The quantitative estimate of drug-likeness (QED) is 0.912. The average Bonchev–Trinajstić information content (AvgIpc) is 3.10. The van der Waals surface area contributed by atoms with Crippen LogP contribution in [0.25, 0.3) is 11.3 Å². The Balaban J connectivity index is 1.97. The highest BCUT2D eigenvalue weighted by Crippen LogP contribution is 2.36. The fraction of sp³-hybridized carbons (Fsp3) is 0.467. The average molecular weight is 288 g/mol. The maximum absolute atomic E-state index is 5.80. The van der Waals surface area contributed by atoms with Gasteiger partial charge in [0.1, 0.15) is 5.69 Å². The van der Waals surface area contributed by atoms with Crippen molar-refractivity contribution in [3.05, 3.63) is 23.9 Å². The van der Waals surface area contributed by atoms with Crippen molar-refractivity contribution in [1.29, 1.82) is 0 Å². The van der Waals surface area contributed by atoms with Gasteiger partial charge in [0, 0.05) is 18.7 Å². The zero-order chi connectivity index (χ0) is 14.8. The minimum absolute atomic E-state index is 0.271. The molecule has 0 saturated carbocycles. The zero-order valence-electron chi connectivity index (χ0n) is 12.4. The van der Waals surface area contributed by atoms with Crippen molar-refractivity contribution in [2.45, 2.75) is 33.4 Å². The van der Waals surface area contributed by atoms with Crippen molar-refractivity contribution in [3.8, 4) is 22.8 Å². The summed E-state index contributed by atoms with van der Waals surface area (Å²) in [6.07, 6.45) is 1.05. The Morgan fingerprint density at radius 3 is 2.86 bits per heavy atom. The Bertz CT molecular complexity index is 637. The topological polar surface area (TPSA) is 75.2 Å². The number of aryl methyl sites for hydroxylation is 1. The maximum Gasteiger partial charge on any atom is 0.231 e. The van der Waals surface area contributed by atoms with Crippen LogP contribution in [0.5, 0.6) is 11.5 Å². The third-order valence-corrected chi connectivity index (χ3v) is 3.56. The molecule has 0 spiro atoms. The number of hydrogen-bond donors (Lipinski definition) is 1. The van der Waals surface area contributed by atoms with Crippen LogP contribution in [0, 0.1) is 5.92 Å². The maximum atomic E-state index is 5.80. The van der Waals surface area contributed by atoms with Gasteiger partial charge in [0.25, 0.3) is 0 Å². The molecule has 2 N–H and O–H groups in total. The highest BCUT2D eigenvalue weighted by atomic mass is 16.7. The van der Waals surface area contributed by atoms with E-state index in [0.29, 0.717) is 12.5 Å². The van der Waals surface area contributed by atoms with Crippen LogP contribution in [0.3, 0.4) is 0 Å². The van der Waals surface area contributed by atoms with Crippen LogP contribution in [0.2, 0.25) is 0 Å². The van der Waals surface area contributed by atoms with Crippen molar-refractivity contribution < 1.29 is 9.47 Å². The third-order valence-electron chi connectivity index (χ3n) is 3.56. The van der Waals surface area contributed by atoms with E-state index in [1.54, 1.807) is 0 Å². The molecule has 112 valence electrons. The van der Waals surface area contributed by atoms with Gasteiger partial charge in [0.2, 0.25) is 6.79 Å². The van der Waals surface area contributed by atoms with E-state index in [0.717, 1.165) is 41.4 Å². The number of nitrogens with two attached hydrogens (primary N) is 1. The van der Waals surface area contributed by atoms with Crippen LogP contribution in [0.4, 0.5) is 0 Å². The van der Waals surface area contributed by atoms with Crippen molar-refractivity contribution in [2.24, 2.45) is 11.7 Å². The predicted octanol–water partition coefficient (Wildman–Crippen LogP) is 2.18. The summed E-state index contributed by atoms with van der Waals surface area (Å²) >= 11 is 0. The van der Waals surface area contributed by atoms with E-state index in [2.05, 4.69) is 24.2 Å². The summed E-state index contributed by atoms with van der Waals surface area (Å²) in [5.74, 6) is 2.14. The molecule has 0 saturated heterocycles. The van der Waals surface area contributed by atoms with E-state index in [1.165, 1.54) is 0 Å². The Morgan fingerprint density at radius 1 is 1.29 bits per heavy atom. The minimum atomic E-state index is 0.271. The number of nitrogens with zero attached hydrogens (tertiary/aromatic N) is 3. The first kappa shape index (κ1) is 13.9. The second-order valence-corrected chi connectivity index (χ2v) is 5.56. The number of fused-ring (bicyclic) bond motifs is 1. The van der Waals surface area contributed by atoms with Gasteiger partial charge in [-0.2, -0.15) is 0 Å². The van der Waals surface area contributed by atoms with Crippen LogP contribution >= 0.6 is 0 Å². The molecule has 0 atom stereocenters. The van der Waals surface area contributed by atoms with E-state index in [4.69, 9.17) is 15.2 Å². The van der Waals surface area contributed by atoms with Crippen LogP contribution in [0.15, 0.2) is 18.2 Å². The lowest BCUT2D eigenvalue weighted by Crippen LogP contribution is -2.06. The van der Waals surface area contributed by atoms with Crippen molar-refractivity contribution in [2.75, 3.05) is 6.79 Å². The summed E-state index contributed by atoms with van der Waals surface area (Å²) in [5, 5.41) is 8.44. The van der Waals surface area contributed by atoms with Gasteiger partial charge in [-0.15, -0.1) is 5.10 Å². The first-order valence-corrected chi connectivity index (χ1v) is 7.21. The molecule has 0 aliphatic carbocycles. The number of hydrogen-bond acceptors (Lipinski definition) is 5. The largest absolute Gasteiger partial charge is 0.454 e. The molecule has 1 aliphatic rings. The fourth-order valence-corrected chi connectivity index (χ4v) is 2.38. The summed E-state index contributed by atoms with van der Waals surface area (Å²) in [6, 6.07) is 5.88. The van der Waals surface area contributed by atoms with Gasteiger partial charge in [-0.05, 0) is 30.5 Å². The first-order valence-electron chi connectivity index (χ1n) is 7.21. The molecule has 0 fully saturated rings. The smallest absolute Gasteiger partial charge is 0.231 e. The van der Waals surface area contributed by atoms with Crippen molar-refractivity contribution in [3.63, 3.8) is 0 Å². The van der Waals surface area contributed by atoms with Gasteiger partial charge in [0.15, 0.2) is 11.5 Å². The Morgan fingerprint density at radius 2 is 2.10 bits per heavy atom. The molecular weight excluding hydrogens is 268 g/mol. The Hall–Kier alpha value is -2.08.